The van der Waals surface area contributed by atoms with E-state index in [0.717, 1.165) is 16.5 Å². The topological polar surface area (TPSA) is 92.5 Å². The predicted octanol–water partition coefficient (Wildman–Crippen LogP) is 4.59. The summed E-state index contributed by atoms with van der Waals surface area (Å²) in [6, 6.07) is 21.4. The maximum Gasteiger partial charge on any atom is 0.272 e. The van der Waals surface area contributed by atoms with Gasteiger partial charge in [0.1, 0.15) is 17.2 Å². The second kappa shape index (κ2) is 9.74. The first-order valence-corrected chi connectivity index (χ1v) is 10.3. The Morgan fingerprint density at radius 2 is 1.61 bits per heavy atom. The number of para-hydroxylation sites is 3. The van der Waals surface area contributed by atoms with E-state index in [9.17, 15) is 9.59 Å². The molecule has 166 valence electrons. The minimum Gasteiger partial charge on any atom is -0.497 e. The molecule has 0 spiro atoms. The van der Waals surface area contributed by atoms with Crippen molar-refractivity contribution in [3.8, 4) is 11.5 Å². The number of hydrogen-bond acceptors (Lipinski definition) is 4. The van der Waals surface area contributed by atoms with Gasteiger partial charge in [-0.15, -0.1) is 0 Å². The average Bonchev–Trinajstić information content (AvgIpc) is 3.26. The molecule has 7 nitrogen and oxygen atoms in total. The van der Waals surface area contributed by atoms with Crippen molar-refractivity contribution < 1.29 is 19.1 Å². The van der Waals surface area contributed by atoms with Crippen LogP contribution in [0.25, 0.3) is 17.0 Å². The van der Waals surface area contributed by atoms with E-state index in [4.69, 9.17) is 9.47 Å². The van der Waals surface area contributed by atoms with E-state index in [1.54, 1.807) is 61.8 Å². The van der Waals surface area contributed by atoms with Crippen LogP contribution in [0.4, 0.5) is 5.69 Å². The third-order valence-corrected chi connectivity index (χ3v) is 5.12. The van der Waals surface area contributed by atoms with Crippen molar-refractivity contribution in [1.29, 1.82) is 0 Å². The molecular formula is C26H23N3O4. The highest BCUT2D eigenvalue weighted by molar-refractivity contribution is 6.12. The van der Waals surface area contributed by atoms with Crippen molar-refractivity contribution in [2.45, 2.75) is 0 Å². The fourth-order valence-electron chi connectivity index (χ4n) is 3.40. The van der Waals surface area contributed by atoms with Crippen molar-refractivity contribution in [3.63, 3.8) is 0 Å². The van der Waals surface area contributed by atoms with E-state index in [-0.39, 0.29) is 5.70 Å². The number of methoxy groups -OCH3 is 2. The molecule has 1 aromatic heterocycles. The van der Waals surface area contributed by atoms with E-state index >= 15 is 0 Å². The number of amides is 2. The molecule has 33 heavy (non-hydrogen) atoms. The third-order valence-electron chi connectivity index (χ3n) is 5.12. The zero-order chi connectivity index (χ0) is 23.2. The summed E-state index contributed by atoms with van der Waals surface area (Å²) in [6.07, 6.45) is 3.44. The molecular weight excluding hydrogens is 418 g/mol. The predicted molar refractivity (Wildman–Crippen MR) is 128 cm³/mol. The fourth-order valence-corrected chi connectivity index (χ4v) is 3.40. The molecule has 0 radical (unpaired) electrons. The van der Waals surface area contributed by atoms with Gasteiger partial charge in [0, 0.05) is 28.2 Å². The first-order valence-electron chi connectivity index (χ1n) is 10.3. The van der Waals surface area contributed by atoms with Crippen LogP contribution < -0.4 is 20.1 Å². The Hall–Kier alpha value is -4.52. The van der Waals surface area contributed by atoms with Gasteiger partial charge in [-0.2, -0.15) is 0 Å². The van der Waals surface area contributed by atoms with Gasteiger partial charge in [-0.3, -0.25) is 9.59 Å². The van der Waals surface area contributed by atoms with Gasteiger partial charge >= 0.3 is 0 Å². The number of benzene rings is 3. The van der Waals surface area contributed by atoms with Gasteiger partial charge in [-0.1, -0.05) is 30.3 Å². The van der Waals surface area contributed by atoms with Gasteiger partial charge in [0.25, 0.3) is 11.8 Å². The SMILES string of the molecule is COc1ccc(C(=O)N/C(=C\c2c[nH]c3ccccc23)C(=O)Nc2ccccc2OC)cc1. The lowest BCUT2D eigenvalue weighted by Crippen LogP contribution is -2.30. The monoisotopic (exact) mass is 441 g/mol. The number of hydrogen-bond donors (Lipinski definition) is 3. The van der Waals surface area contributed by atoms with Crippen LogP contribution in [-0.2, 0) is 4.79 Å². The molecule has 0 atom stereocenters. The Kier molecular flexibility index (Phi) is 6.40. The van der Waals surface area contributed by atoms with Crippen LogP contribution in [0.1, 0.15) is 15.9 Å². The summed E-state index contributed by atoms with van der Waals surface area (Å²) >= 11 is 0. The van der Waals surface area contributed by atoms with Crippen LogP contribution in [0, 0.1) is 0 Å². The Morgan fingerprint density at radius 3 is 2.36 bits per heavy atom. The minimum absolute atomic E-state index is 0.0893. The van der Waals surface area contributed by atoms with Gasteiger partial charge in [0.05, 0.1) is 19.9 Å². The van der Waals surface area contributed by atoms with Crippen molar-refractivity contribution in [3.05, 3.63) is 95.8 Å². The van der Waals surface area contributed by atoms with E-state index < -0.39 is 11.8 Å². The maximum absolute atomic E-state index is 13.2. The van der Waals surface area contributed by atoms with E-state index in [1.807, 2.05) is 30.3 Å². The smallest absolute Gasteiger partial charge is 0.272 e. The number of aromatic nitrogens is 1. The zero-order valence-electron chi connectivity index (χ0n) is 18.2. The summed E-state index contributed by atoms with van der Waals surface area (Å²) in [4.78, 5) is 29.3. The lowest BCUT2D eigenvalue weighted by molar-refractivity contribution is -0.113. The summed E-state index contributed by atoms with van der Waals surface area (Å²) < 4.78 is 10.5. The van der Waals surface area contributed by atoms with Crippen LogP contribution in [0.3, 0.4) is 0 Å². The van der Waals surface area contributed by atoms with Gasteiger partial charge in [-0.05, 0) is 48.5 Å². The lowest BCUT2D eigenvalue weighted by atomic mass is 10.1. The number of anilines is 1. The molecule has 0 fully saturated rings. The lowest BCUT2D eigenvalue weighted by Gasteiger charge is -2.13. The highest BCUT2D eigenvalue weighted by Crippen LogP contribution is 2.25. The van der Waals surface area contributed by atoms with E-state index in [0.29, 0.717) is 22.7 Å². The molecule has 0 bridgehead atoms. The summed E-state index contributed by atoms with van der Waals surface area (Å²) in [5, 5.41) is 6.50. The summed E-state index contributed by atoms with van der Waals surface area (Å²) in [5.41, 5.74) is 2.67. The molecule has 3 N–H and O–H groups in total. The van der Waals surface area contributed by atoms with Gasteiger partial charge in [0.2, 0.25) is 0 Å². The second-order valence-electron chi connectivity index (χ2n) is 7.18. The normalized spacial score (nSPS) is 11.2. The largest absolute Gasteiger partial charge is 0.497 e. The van der Waals surface area contributed by atoms with Crippen LogP contribution in [-0.4, -0.2) is 31.0 Å². The highest BCUT2D eigenvalue weighted by Gasteiger charge is 2.17. The Balaban J connectivity index is 1.68. The zero-order valence-corrected chi connectivity index (χ0v) is 18.2. The Labute approximate surface area is 191 Å². The van der Waals surface area contributed by atoms with E-state index in [1.165, 1.54) is 7.11 Å². The Morgan fingerprint density at radius 1 is 0.879 bits per heavy atom. The van der Waals surface area contributed by atoms with Gasteiger partial charge < -0.3 is 25.1 Å². The highest BCUT2D eigenvalue weighted by atomic mass is 16.5. The molecule has 4 rings (SSSR count). The number of H-pyrrole nitrogens is 1. The molecule has 2 amide bonds. The number of carbonyl (C=O) groups is 2. The van der Waals surface area contributed by atoms with Crippen molar-refractivity contribution in [2.75, 3.05) is 19.5 Å². The summed E-state index contributed by atoms with van der Waals surface area (Å²) in [5.74, 6) is 0.249. The van der Waals surface area contributed by atoms with Gasteiger partial charge in [-0.25, -0.2) is 0 Å². The van der Waals surface area contributed by atoms with Crippen LogP contribution in [0.5, 0.6) is 11.5 Å². The van der Waals surface area contributed by atoms with Crippen molar-refractivity contribution in [2.24, 2.45) is 0 Å². The number of fused-ring (bicyclic) bond motifs is 1. The molecule has 0 saturated carbocycles. The third kappa shape index (κ3) is 4.88. The quantitative estimate of drug-likeness (QED) is 0.366. The number of carbonyl (C=O) groups excluding carboxylic acids is 2. The average molecular weight is 441 g/mol. The number of rotatable bonds is 7. The molecule has 3 aromatic carbocycles. The first kappa shape index (κ1) is 21.7. The maximum atomic E-state index is 13.2. The Bertz CT molecular complexity index is 1320. The number of nitrogens with one attached hydrogen (secondary N) is 3. The molecule has 0 saturated heterocycles. The molecule has 0 aliphatic rings. The van der Waals surface area contributed by atoms with Crippen LogP contribution >= 0.6 is 0 Å². The molecule has 0 aliphatic heterocycles. The van der Waals surface area contributed by atoms with E-state index in [2.05, 4.69) is 15.6 Å². The minimum atomic E-state index is -0.480. The molecule has 4 aromatic rings. The molecule has 1 heterocycles. The standard InChI is InChI=1S/C26H23N3O4/c1-32-19-13-11-17(12-14-19)25(30)29-23(15-18-16-27-21-8-4-3-7-20(18)21)26(31)28-22-9-5-6-10-24(22)33-2/h3-16,27H,1-2H3,(H,28,31)(H,29,30)/b23-15-. The van der Waals surface area contributed by atoms with Crippen LogP contribution in [0.2, 0.25) is 0 Å². The number of ether oxygens (including phenoxy) is 2. The fraction of sp³-hybridized carbons (Fsp3) is 0.0769. The van der Waals surface area contributed by atoms with Crippen molar-refractivity contribution >= 4 is 34.5 Å². The summed E-state index contributed by atoms with van der Waals surface area (Å²) in [6.45, 7) is 0. The summed E-state index contributed by atoms with van der Waals surface area (Å²) in [7, 11) is 3.08. The first-order chi connectivity index (χ1) is 16.1. The molecule has 0 unspecified atom stereocenters. The second-order valence-corrected chi connectivity index (χ2v) is 7.18. The number of aromatic amines is 1. The van der Waals surface area contributed by atoms with Crippen molar-refractivity contribution in [1.82, 2.24) is 10.3 Å². The molecule has 0 aliphatic carbocycles. The van der Waals surface area contributed by atoms with Crippen LogP contribution in [0.15, 0.2) is 84.7 Å². The van der Waals surface area contributed by atoms with Gasteiger partial charge in [0.15, 0.2) is 0 Å². The molecule has 7 heteroatoms.